The second-order valence-electron chi connectivity index (χ2n) is 1.49. The minimum atomic E-state index is 1.77. The molecule has 0 aliphatic heterocycles. The summed E-state index contributed by atoms with van der Waals surface area (Å²) < 4.78 is 0. The summed E-state index contributed by atoms with van der Waals surface area (Å²) in [4.78, 5) is 0. The highest BCUT2D eigenvalue weighted by Gasteiger charge is 1.57. The standard InChI is InChI=1S/C6H6.C2H6S2/c1-2-4-6-5-3-1;1-3-4-2/h1-6H;1-2H3. The van der Waals surface area contributed by atoms with Crippen molar-refractivity contribution in [2.75, 3.05) is 12.5 Å². The lowest BCUT2D eigenvalue weighted by Crippen LogP contribution is -1.47. The monoisotopic (exact) mass is 172 g/mol. The number of benzene rings is 1. The highest BCUT2D eigenvalue weighted by atomic mass is 33.1. The Kier molecular flexibility index (Phi) is 8.85. The third-order valence-corrected chi connectivity index (χ3v) is 2.17. The van der Waals surface area contributed by atoms with Crippen LogP contribution in [-0.2, 0) is 0 Å². The Bertz CT molecular complexity index is 99.2. The Labute approximate surface area is 70.8 Å². The van der Waals surface area contributed by atoms with E-state index in [0.717, 1.165) is 0 Å². The van der Waals surface area contributed by atoms with Crippen LogP contribution in [0.1, 0.15) is 0 Å². The fraction of sp³-hybridized carbons (Fsp3) is 0.250. The summed E-state index contributed by atoms with van der Waals surface area (Å²) in [6.45, 7) is 0. The zero-order valence-corrected chi connectivity index (χ0v) is 7.91. The van der Waals surface area contributed by atoms with Crippen molar-refractivity contribution in [3.05, 3.63) is 36.4 Å². The van der Waals surface area contributed by atoms with Crippen molar-refractivity contribution in [1.29, 1.82) is 0 Å². The molecule has 0 spiro atoms. The lowest BCUT2D eigenvalue weighted by molar-refractivity contribution is 1.72. The molecule has 0 radical (unpaired) electrons. The summed E-state index contributed by atoms with van der Waals surface area (Å²) in [7, 11) is 3.55. The lowest BCUT2D eigenvalue weighted by Gasteiger charge is -1.69. The van der Waals surface area contributed by atoms with Gasteiger partial charge >= 0.3 is 0 Å². The van der Waals surface area contributed by atoms with Gasteiger partial charge in [-0.05, 0) is 12.5 Å². The van der Waals surface area contributed by atoms with E-state index >= 15 is 0 Å². The molecular formula is C8H12S2. The largest absolute Gasteiger partial charge is 0.0979 e. The van der Waals surface area contributed by atoms with Crippen LogP contribution >= 0.6 is 21.6 Å². The van der Waals surface area contributed by atoms with E-state index in [2.05, 4.69) is 12.5 Å². The molecule has 0 heterocycles. The first kappa shape index (κ1) is 9.92. The summed E-state index contributed by atoms with van der Waals surface area (Å²) in [5.41, 5.74) is 0. The second-order valence-corrected chi connectivity index (χ2v) is 4.15. The van der Waals surface area contributed by atoms with Crippen molar-refractivity contribution in [2.45, 2.75) is 0 Å². The van der Waals surface area contributed by atoms with E-state index in [1.54, 1.807) is 21.6 Å². The zero-order chi connectivity index (χ0) is 7.66. The van der Waals surface area contributed by atoms with Crippen molar-refractivity contribution in [1.82, 2.24) is 0 Å². The topological polar surface area (TPSA) is 0 Å². The smallest absolute Gasteiger partial charge is 0.00793 e. The molecule has 0 bridgehead atoms. The molecule has 0 N–H and O–H groups in total. The molecule has 0 nitrogen and oxygen atoms in total. The van der Waals surface area contributed by atoms with Crippen molar-refractivity contribution >= 4 is 21.6 Å². The van der Waals surface area contributed by atoms with Gasteiger partial charge in [0, 0.05) is 0 Å². The van der Waals surface area contributed by atoms with Crippen molar-refractivity contribution in [3.63, 3.8) is 0 Å². The van der Waals surface area contributed by atoms with E-state index in [4.69, 9.17) is 0 Å². The first-order valence-corrected chi connectivity index (χ1v) is 5.95. The van der Waals surface area contributed by atoms with Crippen LogP contribution in [0.15, 0.2) is 36.4 Å². The summed E-state index contributed by atoms with van der Waals surface area (Å²) in [5, 5.41) is 0. The summed E-state index contributed by atoms with van der Waals surface area (Å²) >= 11 is 0. The first-order chi connectivity index (χ1) is 4.91. The number of hydrogen-bond acceptors (Lipinski definition) is 2. The molecule has 0 amide bonds. The van der Waals surface area contributed by atoms with Gasteiger partial charge in [0.15, 0.2) is 0 Å². The summed E-state index contributed by atoms with van der Waals surface area (Å²) in [6.07, 6.45) is 4.12. The van der Waals surface area contributed by atoms with Crippen LogP contribution < -0.4 is 0 Å². The average Bonchev–Trinajstić information content (AvgIpc) is 2.08. The minimum absolute atomic E-state index is 1.77. The summed E-state index contributed by atoms with van der Waals surface area (Å²) in [6, 6.07) is 12.0. The Hall–Kier alpha value is -0.0800. The van der Waals surface area contributed by atoms with Crippen LogP contribution in [0.2, 0.25) is 0 Å². The molecule has 1 aromatic rings. The van der Waals surface area contributed by atoms with Gasteiger partial charge in [-0.2, -0.15) is 0 Å². The Morgan fingerprint density at radius 2 is 0.800 bits per heavy atom. The lowest BCUT2D eigenvalue weighted by atomic mass is 10.4. The predicted octanol–water partition coefficient (Wildman–Crippen LogP) is 3.31. The fourth-order valence-electron chi connectivity index (χ4n) is 0.385. The second kappa shape index (κ2) is 8.92. The van der Waals surface area contributed by atoms with E-state index in [1.165, 1.54) is 0 Å². The minimum Gasteiger partial charge on any atom is -0.0979 e. The van der Waals surface area contributed by atoms with Crippen LogP contribution in [0.25, 0.3) is 0 Å². The van der Waals surface area contributed by atoms with Gasteiger partial charge in [-0.15, -0.1) is 0 Å². The maximum atomic E-state index is 2.06. The highest BCUT2D eigenvalue weighted by molar-refractivity contribution is 8.76. The van der Waals surface area contributed by atoms with Crippen LogP contribution in [-0.4, -0.2) is 12.5 Å². The Morgan fingerprint density at radius 3 is 0.900 bits per heavy atom. The Morgan fingerprint density at radius 1 is 0.600 bits per heavy atom. The molecule has 2 heteroatoms. The number of rotatable bonds is 1. The predicted molar refractivity (Wildman–Crippen MR) is 53.5 cm³/mol. The van der Waals surface area contributed by atoms with Crippen LogP contribution in [0.5, 0.6) is 0 Å². The molecule has 0 fully saturated rings. The molecule has 0 unspecified atom stereocenters. The molecular weight excluding hydrogens is 160 g/mol. The zero-order valence-electron chi connectivity index (χ0n) is 6.28. The van der Waals surface area contributed by atoms with Gasteiger partial charge in [0.2, 0.25) is 0 Å². The molecule has 0 saturated heterocycles. The average molecular weight is 172 g/mol. The molecule has 56 valence electrons. The fourth-order valence-corrected chi connectivity index (χ4v) is 0.385. The van der Waals surface area contributed by atoms with Gasteiger partial charge in [0.1, 0.15) is 0 Å². The van der Waals surface area contributed by atoms with Crippen molar-refractivity contribution in [2.24, 2.45) is 0 Å². The molecule has 0 atom stereocenters. The van der Waals surface area contributed by atoms with E-state index in [1.807, 2.05) is 36.4 Å². The van der Waals surface area contributed by atoms with Gasteiger partial charge in [0.05, 0.1) is 0 Å². The van der Waals surface area contributed by atoms with Crippen molar-refractivity contribution < 1.29 is 0 Å². The molecule has 0 saturated carbocycles. The van der Waals surface area contributed by atoms with Crippen LogP contribution in [0.4, 0.5) is 0 Å². The van der Waals surface area contributed by atoms with Crippen LogP contribution in [0, 0.1) is 0 Å². The van der Waals surface area contributed by atoms with E-state index < -0.39 is 0 Å². The highest BCUT2D eigenvalue weighted by Crippen LogP contribution is 2.09. The maximum Gasteiger partial charge on any atom is -0.00793 e. The molecule has 1 aromatic carbocycles. The molecule has 0 aromatic heterocycles. The maximum absolute atomic E-state index is 2.06. The van der Waals surface area contributed by atoms with Gasteiger partial charge in [-0.1, -0.05) is 58.0 Å². The van der Waals surface area contributed by atoms with Crippen molar-refractivity contribution in [3.8, 4) is 0 Å². The van der Waals surface area contributed by atoms with E-state index in [9.17, 15) is 0 Å². The quantitative estimate of drug-likeness (QED) is 0.596. The van der Waals surface area contributed by atoms with Gasteiger partial charge in [0.25, 0.3) is 0 Å². The third-order valence-electron chi connectivity index (χ3n) is 0.833. The Balaban J connectivity index is 0.000000180. The summed E-state index contributed by atoms with van der Waals surface area (Å²) in [5.74, 6) is 0. The molecule has 0 aliphatic carbocycles. The van der Waals surface area contributed by atoms with E-state index in [0.29, 0.717) is 0 Å². The van der Waals surface area contributed by atoms with Gasteiger partial charge in [-0.25, -0.2) is 0 Å². The van der Waals surface area contributed by atoms with Crippen LogP contribution in [0.3, 0.4) is 0 Å². The normalized spacial score (nSPS) is 7.80. The number of hydrogen-bond donors (Lipinski definition) is 0. The van der Waals surface area contributed by atoms with Gasteiger partial charge < -0.3 is 0 Å². The third kappa shape index (κ3) is 7.92. The first-order valence-electron chi connectivity index (χ1n) is 2.98. The van der Waals surface area contributed by atoms with Gasteiger partial charge in [-0.3, -0.25) is 0 Å². The molecule has 10 heavy (non-hydrogen) atoms. The molecule has 1 rings (SSSR count). The SMILES string of the molecule is CSSC.c1ccccc1. The van der Waals surface area contributed by atoms with E-state index in [-0.39, 0.29) is 0 Å². The molecule has 0 aliphatic rings.